The van der Waals surface area contributed by atoms with Crippen LogP contribution in [0.5, 0.6) is 0 Å². The van der Waals surface area contributed by atoms with Gasteiger partial charge in [-0.3, -0.25) is 9.59 Å². The van der Waals surface area contributed by atoms with Crippen LogP contribution in [0.25, 0.3) is 0 Å². The second-order valence-corrected chi connectivity index (χ2v) is 6.28. The van der Waals surface area contributed by atoms with Crippen molar-refractivity contribution < 1.29 is 14.0 Å². The number of nitrogens with two attached hydrogens (primary N) is 1. The van der Waals surface area contributed by atoms with Crippen molar-refractivity contribution in [3.05, 3.63) is 23.7 Å². The fraction of sp³-hybridized carbons (Fsp3) is 0.625. The van der Waals surface area contributed by atoms with Crippen LogP contribution in [-0.4, -0.2) is 36.3 Å². The van der Waals surface area contributed by atoms with Gasteiger partial charge < -0.3 is 20.4 Å². The fourth-order valence-corrected chi connectivity index (χ4v) is 2.87. The van der Waals surface area contributed by atoms with Crippen LogP contribution < -0.4 is 11.1 Å². The first-order chi connectivity index (χ1) is 10.7. The van der Waals surface area contributed by atoms with Gasteiger partial charge in [-0.05, 0) is 37.7 Å². The molecule has 1 aliphatic carbocycles. The average molecular weight is 305 g/mol. The predicted octanol–water partition coefficient (Wildman–Crippen LogP) is 1.12. The van der Waals surface area contributed by atoms with Crippen molar-refractivity contribution in [3.8, 4) is 0 Å². The average Bonchev–Trinajstić information content (AvgIpc) is 3.26. The quantitative estimate of drug-likeness (QED) is 0.853. The van der Waals surface area contributed by atoms with Gasteiger partial charge >= 0.3 is 0 Å². The van der Waals surface area contributed by atoms with Crippen molar-refractivity contribution in [3.63, 3.8) is 0 Å². The molecule has 1 aromatic heterocycles. The summed E-state index contributed by atoms with van der Waals surface area (Å²) in [6, 6.07) is 1.68. The molecule has 0 bridgehead atoms. The van der Waals surface area contributed by atoms with Crippen LogP contribution in [0.15, 0.2) is 16.7 Å². The number of hydrogen-bond donors (Lipinski definition) is 2. The molecule has 1 aliphatic heterocycles. The lowest BCUT2D eigenvalue weighted by molar-refractivity contribution is -0.126. The van der Waals surface area contributed by atoms with Crippen molar-refractivity contribution in [2.45, 2.75) is 32.2 Å². The largest absolute Gasteiger partial charge is 0.467 e. The Kier molecular flexibility index (Phi) is 4.47. The highest BCUT2D eigenvalue weighted by Crippen LogP contribution is 2.28. The third-order valence-electron chi connectivity index (χ3n) is 4.44. The highest BCUT2D eigenvalue weighted by Gasteiger charge is 2.30. The molecule has 2 aliphatic rings. The van der Waals surface area contributed by atoms with Gasteiger partial charge in [0.1, 0.15) is 12.0 Å². The van der Waals surface area contributed by atoms with Crippen molar-refractivity contribution in [2.75, 3.05) is 19.6 Å². The molecular formula is C16H23N3O3. The van der Waals surface area contributed by atoms with Gasteiger partial charge in [0.25, 0.3) is 5.91 Å². The summed E-state index contributed by atoms with van der Waals surface area (Å²) in [5, 5.41) is 3.01. The van der Waals surface area contributed by atoms with Gasteiger partial charge in [0.2, 0.25) is 5.91 Å². The fourth-order valence-electron chi connectivity index (χ4n) is 2.87. The molecule has 1 unspecified atom stereocenters. The van der Waals surface area contributed by atoms with E-state index < -0.39 is 0 Å². The minimum absolute atomic E-state index is 0.0804. The van der Waals surface area contributed by atoms with E-state index in [9.17, 15) is 9.59 Å². The number of carbonyl (C=O) groups excluding carboxylic acids is 2. The van der Waals surface area contributed by atoms with Gasteiger partial charge in [-0.1, -0.05) is 0 Å². The van der Waals surface area contributed by atoms with Gasteiger partial charge in [0, 0.05) is 19.6 Å². The molecule has 6 nitrogen and oxygen atoms in total. The number of nitrogens with zero attached hydrogens (tertiary/aromatic N) is 1. The Hall–Kier alpha value is -1.82. The van der Waals surface area contributed by atoms with Crippen LogP contribution in [0.4, 0.5) is 0 Å². The maximum atomic E-state index is 12.5. The Morgan fingerprint density at radius 3 is 2.86 bits per heavy atom. The van der Waals surface area contributed by atoms with E-state index in [4.69, 9.17) is 10.2 Å². The maximum Gasteiger partial charge on any atom is 0.257 e. The number of carbonyl (C=O) groups is 2. The van der Waals surface area contributed by atoms with Crippen molar-refractivity contribution in [1.82, 2.24) is 10.2 Å². The molecule has 22 heavy (non-hydrogen) atoms. The summed E-state index contributed by atoms with van der Waals surface area (Å²) in [4.78, 5) is 26.4. The van der Waals surface area contributed by atoms with E-state index in [1.165, 1.54) is 19.1 Å². The zero-order chi connectivity index (χ0) is 15.5. The van der Waals surface area contributed by atoms with Gasteiger partial charge in [-0.15, -0.1) is 0 Å². The smallest absolute Gasteiger partial charge is 0.257 e. The summed E-state index contributed by atoms with van der Waals surface area (Å²) < 4.78 is 5.22. The molecule has 1 saturated carbocycles. The number of hydrogen-bond acceptors (Lipinski definition) is 4. The summed E-state index contributed by atoms with van der Waals surface area (Å²) in [7, 11) is 0. The summed E-state index contributed by atoms with van der Waals surface area (Å²) in [6.07, 6.45) is 5.59. The van der Waals surface area contributed by atoms with E-state index >= 15 is 0 Å². The molecule has 3 N–H and O–H groups in total. The Morgan fingerprint density at radius 1 is 1.36 bits per heavy atom. The third kappa shape index (κ3) is 3.50. The van der Waals surface area contributed by atoms with Crippen molar-refractivity contribution in [1.29, 1.82) is 0 Å². The summed E-state index contributed by atoms with van der Waals surface area (Å²) in [5.41, 5.74) is 6.01. The van der Waals surface area contributed by atoms with E-state index in [2.05, 4.69) is 5.32 Å². The molecule has 120 valence electrons. The Balaban J connectivity index is 1.56. The van der Waals surface area contributed by atoms with Crippen LogP contribution in [-0.2, 0) is 11.3 Å². The molecule has 6 heteroatoms. The van der Waals surface area contributed by atoms with Crippen LogP contribution in [0.2, 0.25) is 0 Å². The Bertz CT molecular complexity index is 551. The van der Waals surface area contributed by atoms with Gasteiger partial charge in [-0.25, -0.2) is 0 Å². The lowest BCUT2D eigenvalue weighted by Crippen LogP contribution is -2.45. The van der Waals surface area contributed by atoms with Crippen LogP contribution >= 0.6 is 0 Å². The van der Waals surface area contributed by atoms with E-state index in [-0.39, 0.29) is 24.3 Å². The Morgan fingerprint density at radius 2 is 2.18 bits per heavy atom. The zero-order valence-corrected chi connectivity index (χ0v) is 12.7. The second kappa shape index (κ2) is 6.52. The summed E-state index contributed by atoms with van der Waals surface area (Å²) in [5.74, 6) is 1.17. The van der Waals surface area contributed by atoms with Crippen LogP contribution in [0.1, 0.15) is 41.8 Å². The molecule has 2 fully saturated rings. The van der Waals surface area contributed by atoms with Crippen molar-refractivity contribution >= 4 is 11.8 Å². The predicted molar refractivity (Wildman–Crippen MR) is 81.0 cm³/mol. The standard InChI is InChI=1S/C16H23N3O3/c17-7-14-6-13(10-22-14)16(21)19-5-1-2-12(9-19)15(20)18-8-11-3-4-11/h6,10-12H,1-5,7-9,17H2,(H,18,20). The molecular weight excluding hydrogens is 282 g/mol. The normalized spacial score (nSPS) is 21.7. The number of nitrogens with one attached hydrogen (secondary N) is 1. The van der Waals surface area contributed by atoms with E-state index in [0.29, 0.717) is 30.3 Å². The highest BCUT2D eigenvalue weighted by atomic mass is 16.3. The van der Waals surface area contributed by atoms with E-state index in [0.717, 1.165) is 19.4 Å². The van der Waals surface area contributed by atoms with E-state index in [1.54, 1.807) is 11.0 Å². The lowest BCUT2D eigenvalue weighted by Gasteiger charge is -2.31. The Labute approximate surface area is 130 Å². The molecule has 1 atom stereocenters. The number of amides is 2. The molecule has 1 aromatic rings. The van der Waals surface area contributed by atoms with Gasteiger partial charge in [0.15, 0.2) is 0 Å². The molecule has 3 rings (SSSR count). The monoisotopic (exact) mass is 305 g/mol. The maximum absolute atomic E-state index is 12.5. The summed E-state index contributed by atoms with van der Waals surface area (Å²) >= 11 is 0. The SMILES string of the molecule is NCc1cc(C(=O)N2CCCC(C(=O)NCC3CC3)C2)co1. The number of piperidine rings is 1. The molecule has 1 saturated heterocycles. The first-order valence-electron chi connectivity index (χ1n) is 8.02. The number of furan rings is 1. The number of likely N-dealkylation sites (tertiary alicyclic amines) is 1. The first-order valence-corrected chi connectivity index (χ1v) is 8.02. The van der Waals surface area contributed by atoms with E-state index in [1.807, 2.05) is 0 Å². The lowest BCUT2D eigenvalue weighted by atomic mass is 9.96. The minimum Gasteiger partial charge on any atom is -0.467 e. The minimum atomic E-state index is -0.0997. The topological polar surface area (TPSA) is 88.6 Å². The van der Waals surface area contributed by atoms with Crippen molar-refractivity contribution in [2.24, 2.45) is 17.6 Å². The van der Waals surface area contributed by atoms with Crippen LogP contribution in [0, 0.1) is 11.8 Å². The molecule has 0 spiro atoms. The first kappa shape index (κ1) is 15.1. The molecule has 0 aromatic carbocycles. The number of rotatable bonds is 5. The molecule has 0 radical (unpaired) electrons. The second-order valence-electron chi connectivity index (χ2n) is 6.28. The molecule has 2 heterocycles. The summed E-state index contributed by atoms with van der Waals surface area (Å²) in [6.45, 7) is 2.23. The molecule has 2 amide bonds. The van der Waals surface area contributed by atoms with Crippen LogP contribution in [0.3, 0.4) is 0 Å². The van der Waals surface area contributed by atoms with Gasteiger partial charge in [0.05, 0.1) is 18.0 Å². The third-order valence-corrected chi connectivity index (χ3v) is 4.44. The zero-order valence-electron chi connectivity index (χ0n) is 12.7. The highest BCUT2D eigenvalue weighted by molar-refractivity contribution is 5.94. The van der Waals surface area contributed by atoms with Gasteiger partial charge in [-0.2, -0.15) is 0 Å².